The summed E-state index contributed by atoms with van der Waals surface area (Å²) in [6, 6.07) is 14.4. The summed E-state index contributed by atoms with van der Waals surface area (Å²) in [6.45, 7) is 8.12. The molecule has 0 bridgehead atoms. The van der Waals surface area contributed by atoms with Gasteiger partial charge in [-0.15, -0.1) is 0 Å². The second-order valence-corrected chi connectivity index (χ2v) is 9.98. The van der Waals surface area contributed by atoms with E-state index in [9.17, 15) is 8.42 Å². The molecule has 2 aromatic carbocycles. The van der Waals surface area contributed by atoms with Gasteiger partial charge in [0.25, 0.3) is 0 Å². The third-order valence-corrected chi connectivity index (χ3v) is 7.61. The molecule has 1 aliphatic heterocycles. The largest absolute Gasteiger partial charge is 0.357 e. The highest BCUT2D eigenvalue weighted by Crippen LogP contribution is 2.28. The number of piperazine rings is 1. The van der Waals surface area contributed by atoms with Crippen molar-refractivity contribution >= 4 is 32.3 Å². The number of H-pyrrole nitrogens is 1. The molecule has 1 aliphatic rings. The summed E-state index contributed by atoms with van der Waals surface area (Å²) in [5.74, 6) is -0.0480. The summed E-state index contributed by atoms with van der Waals surface area (Å²) in [4.78, 5) is 8.52. The van der Waals surface area contributed by atoms with Crippen molar-refractivity contribution in [3.8, 4) is 0 Å². The van der Waals surface area contributed by atoms with Gasteiger partial charge >= 0.3 is 0 Å². The first-order valence-electron chi connectivity index (χ1n) is 9.98. The number of sulfone groups is 1. The Morgan fingerprint density at radius 1 is 0.966 bits per heavy atom. The second kappa shape index (κ2) is 8.48. The maximum Gasteiger partial charge on any atom is 0.183 e. The number of para-hydroxylation sites is 1. The number of benzene rings is 2. The molecule has 0 atom stereocenters. The highest BCUT2D eigenvalue weighted by molar-refractivity contribution is 7.90. The normalized spacial score (nSPS) is 16.5. The fourth-order valence-electron chi connectivity index (χ4n) is 3.96. The van der Waals surface area contributed by atoms with Gasteiger partial charge in [0.15, 0.2) is 9.84 Å². The Morgan fingerprint density at radius 2 is 1.62 bits per heavy atom. The lowest BCUT2D eigenvalue weighted by Gasteiger charge is -2.34. The molecule has 7 heteroatoms. The van der Waals surface area contributed by atoms with Crippen LogP contribution in [-0.4, -0.2) is 55.9 Å². The number of fused-ring (bicyclic) bond motifs is 1. The average Bonchev–Trinajstić information content (AvgIpc) is 3.05. The minimum Gasteiger partial charge on any atom is -0.357 e. The predicted molar refractivity (Wildman–Crippen MR) is 118 cm³/mol. The molecule has 2 heterocycles. The monoisotopic (exact) mass is 431 g/mol. The van der Waals surface area contributed by atoms with Crippen LogP contribution in [0.3, 0.4) is 0 Å². The zero-order valence-corrected chi connectivity index (χ0v) is 18.1. The molecule has 3 aromatic rings. The number of aromatic amines is 1. The molecular weight excluding hydrogens is 406 g/mol. The van der Waals surface area contributed by atoms with Crippen molar-refractivity contribution in [1.29, 1.82) is 0 Å². The van der Waals surface area contributed by atoms with Crippen LogP contribution in [0.2, 0.25) is 5.02 Å². The number of nitrogens with one attached hydrogen (secondary N) is 1. The van der Waals surface area contributed by atoms with Crippen molar-refractivity contribution in [3.05, 3.63) is 64.8 Å². The van der Waals surface area contributed by atoms with E-state index in [0.29, 0.717) is 9.92 Å². The molecular formula is C22H26ClN3O2S. The van der Waals surface area contributed by atoms with Gasteiger partial charge in [-0.1, -0.05) is 36.7 Å². The molecule has 154 valence electrons. The first-order valence-corrected chi connectivity index (χ1v) is 12.0. The van der Waals surface area contributed by atoms with Crippen LogP contribution in [-0.2, 0) is 22.1 Å². The lowest BCUT2D eigenvalue weighted by Crippen LogP contribution is -2.45. The number of nitrogens with zero attached hydrogens (tertiary/aromatic N) is 2. The van der Waals surface area contributed by atoms with Gasteiger partial charge in [0.2, 0.25) is 0 Å². The molecule has 29 heavy (non-hydrogen) atoms. The first kappa shape index (κ1) is 20.4. The van der Waals surface area contributed by atoms with Crippen LogP contribution in [0.1, 0.15) is 18.2 Å². The van der Waals surface area contributed by atoms with Gasteiger partial charge < -0.3 is 9.88 Å². The third-order valence-electron chi connectivity index (χ3n) is 5.70. The van der Waals surface area contributed by atoms with E-state index < -0.39 is 9.84 Å². The van der Waals surface area contributed by atoms with Crippen LogP contribution < -0.4 is 0 Å². The number of aromatic nitrogens is 1. The maximum absolute atomic E-state index is 13.0. The predicted octanol–water partition coefficient (Wildman–Crippen LogP) is 3.93. The van der Waals surface area contributed by atoms with E-state index in [2.05, 4.69) is 27.8 Å². The van der Waals surface area contributed by atoms with E-state index in [0.717, 1.165) is 61.4 Å². The minimum atomic E-state index is -3.47. The smallest absolute Gasteiger partial charge is 0.183 e. The molecule has 0 radical (unpaired) electrons. The van der Waals surface area contributed by atoms with Crippen molar-refractivity contribution < 1.29 is 8.42 Å². The molecule has 0 saturated carbocycles. The summed E-state index contributed by atoms with van der Waals surface area (Å²) >= 11 is 5.92. The van der Waals surface area contributed by atoms with Crippen molar-refractivity contribution in [2.45, 2.75) is 24.1 Å². The minimum absolute atomic E-state index is 0.0480. The van der Waals surface area contributed by atoms with E-state index in [1.165, 1.54) is 0 Å². The fourth-order valence-corrected chi connectivity index (χ4v) is 5.43. The van der Waals surface area contributed by atoms with Crippen LogP contribution in [0.5, 0.6) is 0 Å². The summed E-state index contributed by atoms with van der Waals surface area (Å²) in [5.41, 5.74) is 2.85. The summed E-state index contributed by atoms with van der Waals surface area (Å²) in [5, 5.41) is 1.63. The molecule has 1 N–H and O–H groups in total. The van der Waals surface area contributed by atoms with Crippen molar-refractivity contribution in [2.24, 2.45) is 0 Å². The molecule has 0 aliphatic carbocycles. The first-order chi connectivity index (χ1) is 14.0. The van der Waals surface area contributed by atoms with Gasteiger partial charge in [-0.3, -0.25) is 4.90 Å². The number of rotatable bonds is 6. The zero-order chi connectivity index (χ0) is 20.4. The summed E-state index contributed by atoms with van der Waals surface area (Å²) in [6.07, 6.45) is 0. The summed E-state index contributed by atoms with van der Waals surface area (Å²) < 4.78 is 26.1. The van der Waals surface area contributed by atoms with Gasteiger partial charge in [0.1, 0.15) is 0 Å². The molecule has 0 unspecified atom stereocenters. The van der Waals surface area contributed by atoms with Crippen LogP contribution in [0.15, 0.2) is 53.4 Å². The summed E-state index contributed by atoms with van der Waals surface area (Å²) in [7, 11) is -3.47. The van der Waals surface area contributed by atoms with Gasteiger partial charge in [-0.25, -0.2) is 8.42 Å². The van der Waals surface area contributed by atoms with Gasteiger partial charge in [0, 0.05) is 54.3 Å². The Labute approximate surface area is 177 Å². The van der Waals surface area contributed by atoms with E-state index in [1.807, 2.05) is 18.2 Å². The van der Waals surface area contributed by atoms with E-state index in [4.69, 9.17) is 11.6 Å². The van der Waals surface area contributed by atoms with E-state index >= 15 is 0 Å². The van der Waals surface area contributed by atoms with Crippen molar-refractivity contribution in [1.82, 2.24) is 14.8 Å². The Balaban J connectivity index is 1.64. The highest BCUT2D eigenvalue weighted by Gasteiger charge is 2.23. The lowest BCUT2D eigenvalue weighted by atomic mass is 10.1. The molecule has 1 aromatic heterocycles. The van der Waals surface area contributed by atoms with Crippen LogP contribution in [0, 0.1) is 0 Å². The third kappa shape index (κ3) is 4.51. The van der Waals surface area contributed by atoms with Crippen molar-refractivity contribution in [2.75, 3.05) is 32.7 Å². The Bertz CT molecular complexity index is 1080. The highest BCUT2D eigenvalue weighted by atomic mass is 35.5. The molecule has 5 nitrogen and oxygen atoms in total. The maximum atomic E-state index is 13.0. The number of likely N-dealkylation sites (N-methyl/N-ethyl adjacent to an activating group) is 1. The van der Waals surface area contributed by atoms with E-state index in [-0.39, 0.29) is 5.75 Å². The lowest BCUT2D eigenvalue weighted by molar-refractivity contribution is 0.132. The molecule has 0 spiro atoms. The number of hydrogen-bond donors (Lipinski definition) is 1. The molecule has 1 saturated heterocycles. The number of hydrogen-bond acceptors (Lipinski definition) is 4. The Kier molecular flexibility index (Phi) is 5.97. The van der Waals surface area contributed by atoms with E-state index in [1.54, 1.807) is 24.3 Å². The van der Waals surface area contributed by atoms with Gasteiger partial charge in [-0.2, -0.15) is 0 Å². The van der Waals surface area contributed by atoms with Crippen LogP contribution >= 0.6 is 11.6 Å². The standard InChI is InChI=1S/C22H26ClN3O2S/c1-2-25-11-13-26(14-12-25)15-20-19-5-3-4-6-21(19)24-22(20)16-29(27,28)18-9-7-17(23)8-10-18/h3-10,24H,2,11-16H2,1H3. The Hall–Kier alpha value is -1.86. The number of halogens is 1. The quantitative estimate of drug-likeness (QED) is 0.642. The Morgan fingerprint density at radius 3 is 2.31 bits per heavy atom. The van der Waals surface area contributed by atoms with Crippen LogP contribution in [0.25, 0.3) is 10.9 Å². The molecule has 4 rings (SSSR count). The van der Waals surface area contributed by atoms with Crippen molar-refractivity contribution in [3.63, 3.8) is 0 Å². The van der Waals surface area contributed by atoms with Gasteiger partial charge in [-0.05, 0) is 42.4 Å². The SMILES string of the molecule is CCN1CCN(Cc2c(CS(=O)(=O)c3ccc(Cl)cc3)[nH]c3ccccc23)CC1. The topological polar surface area (TPSA) is 56.4 Å². The van der Waals surface area contributed by atoms with Gasteiger partial charge in [0.05, 0.1) is 10.6 Å². The van der Waals surface area contributed by atoms with Crippen LogP contribution in [0.4, 0.5) is 0 Å². The average molecular weight is 432 g/mol. The zero-order valence-electron chi connectivity index (χ0n) is 16.6. The fraction of sp³-hybridized carbons (Fsp3) is 0.364. The molecule has 1 fully saturated rings. The molecule has 0 amide bonds. The second-order valence-electron chi connectivity index (χ2n) is 7.55.